The Kier molecular flexibility index (Phi) is 4.96. The molecule has 0 aliphatic carbocycles. The fourth-order valence-electron chi connectivity index (χ4n) is 3.61. The van der Waals surface area contributed by atoms with E-state index in [0.29, 0.717) is 6.54 Å². The third-order valence-electron chi connectivity index (χ3n) is 5.04. The summed E-state index contributed by atoms with van der Waals surface area (Å²) in [6, 6.07) is 15.1. The summed E-state index contributed by atoms with van der Waals surface area (Å²) in [4.78, 5) is 0. The summed E-state index contributed by atoms with van der Waals surface area (Å²) >= 11 is 0. The van der Waals surface area contributed by atoms with Crippen LogP contribution in [0, 0.1) is 13.8 Å². The molecule has 1 atom stereocenters. The monoisotopic (exact) mass is 351 g/mol. The van der Waals surface area contributed by atoms with Gasteiger partial charge in [0.1, 0.15) is 0 Å². The van der Waals surface area contributed by atoms with E-state index in [2.05, 4.69) is 60.9 Å². The molecule has 3 rings (SSSR count). The Hall–Kier alpha value is -2.10. The molecular formula is C23H29NO2. The third-order valence-corrected chi connectivity index (χ3v) is 5.04. The van der Waals surface area contributed by atoms with E-state index in [9.17, 15) is 10.2 Å². The van der Waals surface area contributed by atoms with Gasteiger partial charge in [0.25, 0.3) is 0 Å². The lowest BCUT2D eigenvalue weighted by Crippen LogP contribution is -2.21. The number of aliphatic hydroxyl groups excluding tert-OH is 2. The van der Waals surface area contributed by atoms with Gasteiger partial charge in [-0.25, -0.2) is 0 Å². The van der Waals surface area contributed by atoms with Crippen molar-refractivity contribution in [2.75, 3.05) is 6.61 Å². The van der Waals surface area contributed by atoms with E-state index in [4.69, 9.17) is 0 Å². The summed E-state index contributed by atoms with van der Waals surface area (Å²) in [6.45, 7) is 10.8. The summed E-state index contributed by atoms with van der Waals surface area (Å²) in [6.07, 6.45) is -0.427. The number of rotatable bonds is 5. The minimum Gasteiger partial charge on any atom is -0.395 e. The normalized spacial score (nSPS) is 13.3. The second kappa shape index (κ2) is 6.90. The highest BCUT2D eigenvalue weighted by molar-refractivity contribution is 5.88. The fourth-order valence-corrected chi connectivity index (χ4v) is 3.61. The molecule has 0 radical (unpaired) electrons. The van der Waals surface area contributed by atoms with E-state index in [0.717, 1.165) is 22.2 Å². The summed E-state index contributed by atoms with van der Waals surface area (Å²) in [5, 5.41) is 20.9. The van der Waals surface area contributed by atoms with E-state index in [1.54, 1.807) is 0 Å². The van der Waals surface area contributed by atoms with Crippen molar-refractivity contribution in [1.82, 2.24) is 4.57 Å². The fraction of sp³-hybridized carbons (Fsp3) is 0.391. The van der Waals surface area contributed by atoms with Gasteiger partial charge in [-0.3, -0.25) is 0 Å². The molecule has 26 heavy (non-hydrogen) atoms. The largest absolute Gasteiger partial charge is 0.395 e. The molecule has 3 heteroatoms. The number of nitrogens with zero attached hydrogens (tertiary/aromatic N) is 1. The molecule has 138 valence electrons. The van der Waals surface area contributed by atoms with Crippen LogP contribution in [0.2, 0.25) is 0 Å². The zero-order valence-electron chi connectivity index (χ0n) is 16.4. The second-order valence-corrected chi connectivity index (χ2v) is 8.18. The predicted molar refractivity (Wildman–Crippen MR) is 109 cm³/mol. The van der Waals surface area contributed by atoms with Crippen molar-refractivity contribution in [3.8, 4) is 11.3 Å². The first kappa shape index (κ1) is 18.7. The number of aromatic nitrogens is 1. The van der Waals surface area contributed by atoms with Crippen molar-refractivity contribution in [3.05, 3.63) is 59.2 Å². The topological polar surface area (TPSA) is 45.4 Å². The molecule has 0 amide bonds. The number of fused-ring (bicyclic) bond motifs is 1. The SMILES string of the molecule is Cc1cc(C)cc(-c2cc3cc(C(C)(C)CO)ccc3n2CC(C)O)c1. The van der Waals surface area contributed by atoms with Crippen LogP contribution in [-0.2, 0) is 12.0 Å². The van der Waals surface area contributed by atoms with Crippen LogP contribution in [0.4, 0.5) is 0 Å². The van der Waals surface area contributed by atoms with Crippen molar-refractivity contribution in [2.24, 2.45) is 0 Å². The van der Waals surface area contributed by atoms with E-state index < -0.39 is 6.10 Å². The molecule has 0 saturated carbocycles. The Morgan fingerprint density at radius 2 is 1.65 bits per heavy atom. The van der Waals surface area contributed by atoms with E-state index in [-0.39, 0.29) is 12.0 Å². The molecule has 1 unspecified atom stereocenters. The smallest absolute Gasteiger partial charge is 0.0691 e. The van der Waals surface area contributed by atoms with Gasteiger partial charge < -0.3 is 14.8 Å². The molecular weight excluding hydrogens is 322 g/mol. The average Bonchev–Trinajstić information content (AvgIpc) is 2.91. The van der Waals surface area contributed by atoms with Crippen LogP contribution in [0.15, 0.2) is 42.5 Å². The molecule has 0 aliphatic heterocycles. The molecule has 1 heterocycles. The van der Waals surface area contributed by atoms with Crippen molar-refractivity contribution in [1.29, 1.82) is 0 Å². The highest BCUT2D eigenvalue weighted by Gasteiger charge is 2.21. The number of aryl methyl sites for hydroxylation is 2. The van der Waals surface area contributed by atoms with E-state index >= 15 is 0 Å². The summed E-state index contributed by atoms with van der Waals surface area (Å²) in [7, 11) is 0. The maximum absolute atomic E-state index is 10.0. The summed E-state index contributed by atoms with van der Waals surface area (Å²) < 4.78 is 2.20. The van der Waals surface area contributed by atoms with Crippen LogP contribution in [0.5, 0.6) is 0 Å². The summed E-state index contributed by atoms with van der Waals surface area (Å²) in [5.74, 6) is 0. The molecule has 0 spiro atoms. The van der Waals surface area contributed by atoms with E-state index in [1.807, 2.05) is 20.8 Å². The molecule has 0 fully saturated rings. The van der Waals surface area contributed by atoms with Gasteiger partial charge in [0.2, 0.25) is 0 Å². The first-order chi connectivity index (χ1) is 12.2. The van der Waals surface area contributed by atoms with Crippen LogP contribution < -0.4 is 0 Å². The molecule has 2 aromatic carbocycles. The number of hydrogen-bond donors (Lipinski definition) is 2. The molecule has 0 aliphatic rings. The Bertz CT molecular complexity index is 915. The standard InChI is InChI=1S/C23H29NO2/c1-15-8-16(2)10-18(9-15)22-12-19-11-20(23(4,5)14-25)6-7-21(19)24(22)13-17(3)26/h6-12,17,25-26H,13-14H2,1-5H3. The first-order valence-corrected chi connectivity index (χ1v) is 9.22. The maximum atomic E-state index is 10.0. The zero-order valence-corrected chi connectivity index (χ0v) is 16.4. The van der Waals surface area contributed by atoms with Gasteiger partial charge >= 0.3 is 0 Å². The Morgan fingerprint density at radius 3 is 2.23 bits per heavy atom. The summed E-state index contributed by atoms with van der Waals surface area (Å²) in [5.41, 5.74) is 6.70. The number of aliphatic hydroxyl groups is 2. The lowest BCUT2D eigenvalue weighted by molar-refractivity contribution is 0.176. The van der Waals surface area contributed by atoms with Crippen LogP contribution in [0.25, 0.3) is 22.2 Å². The Balaban J connectivity index is 2.23. The molecule has 2 N–H and O–H groups in total. The molecule has 0 saturated heterocycles. The lowest BCUT2D eigenvalue weighted by atomic mass is 9.85. The highest BCUT2D eigenvalue weighted by Crippen LogP contribution is 2.33. The molecule has 3 aromatic rings. The molecule has 1 aromatic heterocycles. The van der Waals surface area contributed by atoms with Gasteiger partial charge in [-0.15, -0.1) is 0 Å². The van der Waals surface area contributed by atoms with Crippen molar-refractivity contribution in [3.63, 3.8) is 0 Å². The molecule has 3 nitrogen and oxygen atoms in total. The van der Waals surface area contributed by atoms with Crippen molar-refractivity contribution in [2.45, 2.75) is 52.7 Å². The average molecular weight is 351 g/mol. The molecule has 0 bridgehead atoms. The zero-order chi connectivity index (χ0) is 19.1. The van der Waals surface area contributed by atoms with Crippen LogP contribution in [-0.4, -0.2) is 27.5 Å². The van der Waals surface area contributed by atoms with Gasteiger partial charge in [0.15, 0.2) is 0 Å². The van der Waals surface area contributed by atoms with E-state index in [1.165, 1.54) is 16.7 Å². The second-order valence-electron chi connectivity index (χ2n) is 8.18. The highest BCUT2D eigenvalue weighted by atomic mass is 16.3. The third kappa shape index (κ3) is 3.55. The van der Waals surface area contributed by atoms with Gasteiger partial charge in [-0.05, 0) is 62.2 Å². The van der Waals surface area contributed by atoms with Gasteiger partial charge in [0, 0.05) is 28.6 Å². The van der Waals surface area contributed by atoms with Crippen LogP contribution in [0.1, 0.15) is 37.5 Å². The predicted octanol–water partition coefficient (Wildman–Crippen LogP) is 4.58. The Labute approximate surface area is 155 Å². The lowest BCUT2D eigenvalue weighted by Gasteiger charge is -2.22. The van der Waals surface area contributed by atoms with Crippen molar-refractivity contribution >= 4 is 10.9 Å². The number of hydrogen-bond acceptors (Lipinski definition) is 2. The minimum absolute atomic E-state index is 0.108. The quantitative estimate of drug-likeness (QED) is 0.707. The van der Waals surface area contributed by atoms with Gasteiger partial charge in [-0.2, -0.15) is 0 Å². The maximum Gasteiger partial charge on any atom is 0.0691 e. The van der Waals surface area contributed by atoms with Gasteiger partial charge in [-0.1, -0.05) is 37.1 Å². The minimum atomic E-state index is -0.427. The van der Waals surface area contributed by atoms with Crippen LogP contribution >= 0.6 is 0 Å². The first-order valence-electron chi connectivity index (χ1n) is 9.22. The van der Waals surface area contributed by atoms with Crippen LogP contribution in [0.3, 0.4) is 0 Å². The number of benzene rings is 2. The van der Waals surface area contributed by atoms with Crippen molar-refractivity contribution < 1.29 is 10.2 Å². The Morgan fingerprint density at radius 1 is 1.00 bits per heavy atom. The van der Waals surface area contributed by atoms with Gasteiger partial charge in [0.05, 0.1) is 12.7 Å².